The Morgan fingerprint density at radius 3 is 2.59 bits per heavy atom. The van der Waals surface area contributed by atoms with Crippen LogP contribution < -0.4 is 5.73 Å². The molecule has 2 N–H and O–H groups in total. The number of hydrogen-bond donors (Lipinski definition) is 1. The number of fused-ring (bicyclic) bond motifs is 1. The van der Waals surface area contributed by atoms with Gasteiger partial charge in [-0.15, -0.1) is 11.3 Å². The number of anilines is 1. The van der Waals surface area contributed by atoms with Crippen LogP contribution in [0.15, 0.2) is 48.5 Å². The molecular weight excluding hydrogens is 360 g/mol. The Kier molecular flexibility index (Phi) is 4.37. The van der Waals surface area contributed by atoms with Crippen molar-refractivity contribution in [3.8, 4) is 16.4 Å². The minimum atomic E-state index is -0.535. The Balaban J connectivity index is 1.90. The van der Waals surface area contributed by atoms with Gasteiger partial charge in [-0.1, -0.05) is 31.2 Å². The van der Waals surface area contributed by atoms with Crippen LogP contribution in [-0.2, 0) is 11.2 Å². The molecule has 2 heterocycles. The Labute approximate surface area is 160 Å². The van der Waals surface area contributed by atoms with E-state index in [2.05, 4.69) is 17.0 Å². The topological polar surface area (TPSA) is 83.0 Å². The average Bonchev–Trinajstić information content (AvgIpc) is 3.28. The van der Waals surface area contributed by atoms with Gasteiger partial charge in [0.2, 0.25) is 0 Å². The van der Waals surface area contributed by atoms with Crippen LogP contribution in [0.25, 0.3) is 26.6 Å². The van der Waals surface area contributed by atoms with Crippen LogP contribution >= 0.6 is 11.3 Å². The smallest absolute Gasteiger partial charge is 0.358 e. The number of nitrogen functional groups attached to an aromatic ring is 1. The molecule has 2 aromatic heterocycles. The fraction of sp³-hybridized carbons (Fsp3) is 0.150. The zero-order valence-electron chi connectivity index (χ0n) is 15.0. The summed E-state index contributed by atoms with van der Waals surface area (Å²) in [5.74, 6) is -0.535. The van der Waals surface area contributed by atoms with Gasteiger partial charge < -0.3 is 10.5 Å². The van der Waals surface area contributed by atoms with E-state index < -0.39 is 5.97 Å². The summed E-state index contributed by atoms with van der Waals surface area (Å²) in [6, 6.07) is 15.7. The molecule has 0 saturated heterocycles. The summed E-state index contributed by atoms with van der Waals surface area (Å²) in [5.41, 5.74) is 10.1. The third-order valence-electron chi connectivity index (χ3n) is 4.39. The highest BCUT2D eigenvalue weighted by Gasteiger charge is 2.25. The molecule has 4 rings (SSSR count). The molecular formula is C20H18N4O2S. The summed E-state index contributed by atoms with van der Waals surface area (Å²) >= 11 is 1.49. The molecule has 0 amide bonds. The minimum absolute atomic E-state index is 0.205. The molecule has 6 nitrogen and oxygen atoms in total. The monoisotopic (exact) mass is 378 g/mol. The largest absolute Gasteiger partial charge is 0.464 e. The molecule has 0 spiro atoms. The lowest BCUT2D eigenvalue weighted by molar-refractivity contribution is 0.0591. The van der Waals surface area contributed by atoms with Crippen LogP contribution in [0.1, 0.15) is 23.0 Å². The van der Waals surface area contributed by atoms with Crippen molar-refractivity contribution in [1.29, 1.82) is 0 Å². The Morgan fingerprint density at radius 1 is 1.19 bits per heavy atom. The lowest BCUT2D eigenvalue weighted by Gasteiger charge is -2.07. The van der Waals surface area contributed by atoms with E-state index in [4.69, 9.17) is 10.5 Å². The van der Waals surface area contributed by atoms with Gasteiger partial charge in [-0.3, -0.25) is 0 Å². The maximum Gasteiger partial charge on any atom is 0.358 e. The number of benzene rings is 2. The van der Waals surface area contributed by atoms with Gasteiger partial charge in [-0.25, -0.2) is 14.5 Å². The summed E-state index contributed by atoms with van der Waals surface area (Å²) in [7, 11) is 1.33. The maximum absolute atomic E-state index is 12.4. The summed E-state index contributed by atoms with van der Waals surface area (Å²) in [6.07, 6.45) is 0.933. The number of methoxy groups -OCH3 is 1. The van der Waals surface area contributed by atoms with Crippen LogP contribution in [-0.4, -0.2) is 27.8 Å². The number of carbonyl (C=O) groups excluding carboxylic acids is 1. The molecule has 0 saturated carbocycles. The van der Waals surface area contributed by atoms with Crippen molar-refractivity contribution < 1.29 is 9.53 Å². The molecule has 0 radical (unpaired) electrons. The summed E-state index contributed by atoms with van der Waals surface area (Å²) in [6.45, 7) is 2.09. The summed E-state index contributed by atoms with van der Waals surface area (Å²) < 4.78 is 7.50. The number of nitrogens with zero attached hydrogens (tertiary/aromatic N) is 3. The number of rotatable bonds is 4. The number of nitrogens with two attached hydrogens (primary N) is 1. The first-order valence-electron chi connectivity index (χ1n) is 8.54. The predicted molar refractivity (Wildman–Crippen MR) is 107 cm³/mol. The van der Waals surface area contributed by atoms with E-state index in [1.807, 2.05) is 48.5 Å². The number of aromatic nitrogens is 3. The SMILES string of the molecule is CCc1ccc(-n2nc(-c3nc4ccccc4s3)c(N)c2C(=O)OC)cc1. The molecule has 2 aromatic carbocycles. The fourth-order valence-corrected chi connectivity index (χ4v) is 3.88. The average molecular weight is 378 g/mol. The van der Waals surface area contributed by atoms with Crippen LogP contribution in [0.3, 0.4) is 0 Å². The predicted octanol–water partition coefficient (Wildman–Crippen LogP) is 4.08. The number of para-hydroxylation sites is 1. The quantitative estimate of drug-likeness (QED) is 0.541. The third-order valence-corrected chi connectivity index (χ3v) is 5.43. The van der Waals surface area contributed by atoms with Crippen molar-refractivity contribution in [3.05, 3.63) is 59.8 Å². The first-order chi connectivity index (χ1) is 13.1. The number of hydrogen-bond acceptors (Lipinski definition) is 6. The Morgan fingerprint density at radius 2 is 1.93 bits per heavy atom. The van der Waals surface area contributed by atoms with E-state index in [0.29, 0.717) is 10.7 Å². The molecule has 0 aliphatic carbocycles. The van der Waals surface area contributed by atoms with Crippen molar-refractivity contribution in [1.82, 2.24) is 14.8 Å². The van der Waals surface area contributed by atoms with E-state index in [1.165, 1.54) is 28.7 Å². The Hall–Kier alpha value is -3.19. The van der Waals surface area contributed by atoms with Gasteiger partial charge in [0.25, 0.3) is 0 Å². The number of ether oxygens (including phenoxy) is 1. The number of thiazole rings is 1. The summed E-state index contributed by atoms with van der Waals surface area (Å²) in [5, 5.41) is 5.28. The van der Waals surface area contributed by atoms with Gasteiger partial charge in [-0.2, -0.15) is 5.10 Å². The van der Waals surface area contributed by atoms with E-state index in [1.54, 1.807) is 0 Å². The molecule has 0 fully saturated rings. The van der Waals surface area contributed by atoms with Crippen molar-refractivity contribution in [2.24, 2.45) is 0 Å². The van der Waals surface area contributed by atoms with Gasteiger partial charge in [0.15, 0.2) is 5.69 Å². The van der Waals surface area contributed by atoms with Gasteiger partial charge >= 0.3 is 5.97 Å². The fourth-order valence-electron chi connectivity index (χ4n) is 2.91. The van der Waals surface area contributed by atoms with E-state index in [0.717, 1.165) is 22.3 Å². The zero-order chi connectivity index (χ0) is 19.0. The minimum Gasteiger partial charge on any atom is -0.464 e. The van der Waals surface area contributed by atoms with E-state index in [9.17, 15) is 4.79 Å². The zero-order valence-corrected chi connectivity index (χ0v) is 15.8. The third kappa shape index (κ3) is 2.96. The highest BCUT2D eigenvalue weighted by Crippen LogP contribution is 2.35. The summed E-state index contributed by atoms with van der Waals surface area (Å²) in [4.78, 5) is 17.0. The van der Waals surface area contributed by atoms with Crippen molar-refractivity contribution in [2.45, 2.75) is 13.3 Å². The molecule has 4 aromatic rings. The highest BCUT2D eigenvalue weighted by atomic mass is 32.1. The normalized spacial score (nSPS) is 11.0. The molecule has 136 valence electrons. The molecule has 0 aliphatic heterocycles. The van der Waals surface area contributed by atoms with Gasteiger partial charge in [0, 0.05) is 0 Å². The Bertz CT molecular complexity index is 1100. The van der Waals surface area contributed by atoms with Crippen LogP contribution in [0.2, 0.25) is 0 Å². The van der Waals surface area contributed by atoms with Crippen LogP contribution in [0.5, 0.6) is 0 Å². The number of aryl methyl sites for hydroxylation is 1. The molecule has 7 heteroatoms. The number of esters is 1. The second-order valence-corrected chi connectivity index (χ2v) is 7.05. The molecule has 27 heavy (non-hydrogen) atoms. The second-order valence-electron chi connectivity index (χ2n) is 6.02. The number of carbonyl (C=O) groups is 1. The van der Waals surface area contributed by atoms with Crippen molar-refractivity contribution in [3.63, 3.8) is 0 Å². The molecule has 0 unspecified atom stereocenters. The lowest BCUT2D eigenvalue weighted by Crippen LogP contribution is -2.12. The molecule has 0 atom stereocenters. The van der Waals surface area contributed by atoms with Gasteiger partial charge in [0.1, 0.15) is 10.7 Å². The first kappa shape index (κ1) is 17.2. The van der Waals surface area contributed by atoms with E-state index >= 15 is 0 Å². The van der Waals surface area contributed by atoms with E-state index in [-0.39, 0.29) is 11.4 Å². The van der Waals surface area contributed by atoms with Gasteiger partial charge in [-0.05, 0) is 36.2 Å². The highest BCUT2D eigenvalue weighted by molar-refractivity contribution is 7.21. The van der Waals surface area contributed by atoms with Gasteiger partial charge in [0.05, 0.1) is 28.7 Å². The van der Waals surface area contributed by atoms with Crippen LogP contribution in [0, 0.1) is 0 Å². The van der Waals surface area contributed by atoms with Crippen molar-refractivity contribution >= 4 is 33.2 Å². The molecule has 0 aliphatic rings. The maximum atomic E-state index is 12.4. The standard InChI is InChI=1S/C20H18N4O2S/c1-3-12-8-10-13(11-9-12)24-18(20(25)26-2)16(21)17(23-24)19-22-14-6-4-5-7-15(14)27-19/h4-11H,3,21H2,1-2H3. The molecule has 0 bridgehead atoms. The first-order valence-corrected chi connectivity index (χ1v) is 9.36. The lowest BCUT2D eigenvalue weighted by atomic mass is 10.1. The van der Waals surface area contributed by atoms with Crippen LogP contribution in [0.4, 0.5) is 5.69 Å². The second kappa shape index (κ2) is 6.85. The van der Waals surface area contributed by atoms with Crippen molar-refractivity contribution in [2.75, 3.05) is 12.8 Å².